The smallest absolute Gasteiger partial charge is 0.0112 e. The standard InChI is InChI=1S/C14H21N/c1-11(2)10-13-4-6-14(7-5-13)12(3)8-9-15/h4-8,11H,9-10,15H2,1-3H3. The average Bonchev–Trinajstić information content (AvgIpc) is 2.18. The Bertz CT molecular complexity index is 320. The molecule has 2 N–H and O–H groups in total. The second-order valence-corrected chi connectivity index (χ2v) is 4.42. The number of nitrogens with two attached hydrogens (primary N) is 1. The van der Waals surface area contributed by atoms with E-state index < -0.39 is 0 Å². The summed E-state index contributed by atoms with van der Waals surface area (Å²) in [6.07, 6.45) is 3.21. The fraction of sp³-hybridized carbons (Fsp3) is 0.429. The van der Waals surface area contributed by atoms with Crippen molar-refractivity contribution in [1.82, 2.24) is 0 Å². The van der Waals surface area contributed by atoms with Gasteiger partial charge in [0.05, 0.1) is 0 Å². The van der Waals surface area contributed by atoms with Crippen molar-refractivity contribution in [2.45, 2.75) is 27.2 Å². The number of allylic oxidation sites excluding steroid dienone is 1. The van der Waals surface area contributed by atoms with Crippen LogP contribution < -0.4 is 5.73 Å². The van der Waals surface area contributed by atoms with Gasteiger partial charge >= 0.3 is 0 Å². The molecule has 1 aromatic rings. The van der Waals surface area contributed by atoms with Crippen LogP contribution in [0.3, 0.4) is 0 Å². The summed E-state index contributed by atoms with van der Waals surface area (Å²) in [5, 5.41) is 0. The molecule has 0 spiro atoms. The molecule has 1 nitrogen and oxygen atoms in total. The first-order valence-corrected chi connectivity index (χ1v) is 5.59. The Balaban J connectivity index is 2.76. The van der Waals surface area contributed by atoms with Gasteiger partial charge in [-0.25, -0.2) is 0 Å². The molecule has 0 amide bonds. The number of hydrogen-bond acceptors (Lipinski definition) is 1. The Morgan fingerprint density at radius 3 is 2.33 bits per heavy atom. The zero-order valence-electron chi connectivity index (χ0n) is 9.96. The van der Waals surface area contributed by atoms with E-state index in [2.05, 4.69) is 51.1 Å². The molecule has 0 bridgehead atoms. The summed E-state index contributed by atoms with van der Waals surface area (Å²) in [6, 6.07) is 8.78. The Morgan fingerprint density at radius 2 is 1.87 bits per heavy atom. The molecule has 0 aliphatic rings. The average molecular weight is 203 g/mol. The van der Waals surface area contributed by atoms with Crippen LogP contribution in [0.4, 0.5) is 0 Å². The van der Waals surface area contributed by atoms with E-state index in [1.54, 1.807) is 0 Å². The Morgan fingerprint density at radius 1 is 1.27 bits per heavy atom. The van der Waals surface area contributed by atoms with E-state index in [0.717, 1.165) is 12.3 Å². The zero-order valence-corrected chi connectivity index (χ0v) is 9.96. The second kappa shape index (κ2) is 5.72. The van der Waals surface area contributed by atoms with Gasteiger partial charge in [0.25, 0.3) is 0 Å². The number of rotatable bonds is 4. The van der Waals surface area contributed by atoms with E-state index in [-0.39, 0.29) is 0 Å². The molecule has 0 aliphatic carbocycles. The maximum Gasteiger partial charge on any atom is 0.0112 e. The maximum atomic E-state index is 5.49. The van der Waals surface area contributed by atoms with Gasteiger partial charge in [-0.15, -0.1) is 0 Å². The van der Waals surface area contributed by atoms with Crippen LogP contribution in [0.25, 0.3) is 5.57 Å². The van der Waals surface area contributed by atoms with Crippen LogP contribution in [0.2, 0.25) is 0 Å². The minimum Gasteiger partial charge on any atom is -0.327 e. The van der Waals surface area contributed by atoms with Crippen molar-refractivity contribution in [2.24, 2.45) is 11.7 Å². The summed E-state index contributed by atoms with van der Waals surface area (Å²) in [7, 11) is 0. The normalized spacial score (nSPS) is 12.2. The molecule has 0 fully saturated rings. The van der Waals surface area contributed by atoms with Crippen molar-refractivity contribution >= 4 is 5.57 Å². The third-order valence-corrected chi connectivity index (χ3v) is 2.48. The summed E-state index contributed by atoms with van der Waals surface area (Å²) in [5.41, 5.74) is 9.43. The van der Waals surface area contributed by atoms with Gasteiger partial charge in [0, 0.05) is 6.54 Å². The van der Waals surface area contributed by atoms with Crippen LogP contribution in [0.15, 0.2) is 30.3 Å². The summed E-state index contributed by atoms with van der Waals surface area (Å²) in [5.74, 6) is 0.719. The van der Waals surface area contributed by atoms with Gasteiger partial charge < -0.3 is 5.73 Å². The lowest BCUT2D eigenvalue weighted by molar-refractivity contribution is 0.647. The van der Waals surface area contributed by atoms with E-state index in [4.69, 9.17) is 5.73 Å². The molecular weight excluding hydrogens is 182 g/mol. The molecule has 1 heteroatoms. The van der Waals surface area contributed by atoms with Crippen molar-refractivity contribution in [3.63, 3.8) is 0 Å². The quantitative estimate of drug-likeness (QED) is 0.798. The summed E-state index contributed by atoms with van der Waals surface area (Å²) >= 11 is 0. The molecule has 0 aliphatic heterocycles. The number of hydrogen-bond donors (Lipinski definition) is 1. The number of benzene rings is 1. The molecule has 0 heterocycles. The fourth-order valence-electron chi connectivity index (χ4n) is 1.67. The summed E-state index contributed by atoms with van der Waals surface area (Å²) in [6.45, 7) is 7.20. The van der Waals surface area contributed by atoms with Gasteiger partial charge in [-0.3, -0.25) is 0 Å². The van der Waals surface area contributed by atoms with Crippen LogP contribution in [-0.4, -0.2) is 6.54 Å². The predicted molar refractivity (Wildman–Crippen MR) is 67.7 cm³/mol. The molecule has 15 heavy (non-hydrogen) atoms. The largest absolute Gasteiger partial charge is 0.327 e. The molecule has 1 aromatic carbocycles. The van der Waals surface area contributed by atoms with Gasteiger partial charge in [0.1, 0.15) is 0 Å². The van der Waals surface area contributed by atoms with Crippen molar-refractivity contribution in [3.8, 4) is 0 Å². The maximum absolute atomic E-state index is 5.49. The molecule has 0 saturated heterocycles. The zero-order chi connectivity index (χ0) is 11.3. The fourth-order valence-corrected chi connectivity index (χ4v) is 1.67. The van der Waals surface area contributed by atoms with E-state index in [9.17, 15) is 0 Å². The minimum atomic E-state index is 0.611. The highest BCUT2D eigenvalue weighted by atomic mass is 14.5. The Labute approximate surface area is 93.0 Å². The lowest BCUT2D eigenvalue weighted by Gasteiger charge is -2.06. The van der Waals surface area contributed by atoms with E-state index in [1.165, 1.54) is 16.7 Å². The first kappa shape index (κ1) is 12.0. The molecule has 82 valence electrons. The van der Waals surface area contributed by atoms with Crippen LogP contribution >= 0.6 is 0 Å². The van der Waals surface area contributed by atoms with Crippen LogP contribution in [0, 0.1) is 5.92 Å². The molecule has 0 radical (unpaired) electrons. The monoisotopic (exact) mass is 203 g/mol. The van der Waals surface area contributed by atoms with Gasteiger partial charge in [0.15, 0.2) is 0 Å². The highest BCUT2D eigenvalue weighted by molar-refractivity contribution is 5.63. The Hall–Kier alpha value is -1.08. The van der Waals surface area contributed by atoms with Crippen LogP contribution in [0.1, 0.15) is 31.9 Å². The van der Waals surface area contributed by atoms with Crippen molar-refractivity contribution < 1.29 is 0 Å². The lowest BCUT2D eigenvalue weighted by Crippen LogP contribution is -1.95. The molecule has 0 atom stereocenters. The van der Waals surface area contributed by atoms with Crippen LogP contribution in [-0.2, 0) is 6.42 Å². The van der Waals surface area contributed by atoms with Crippen LogP contribution in [0.5, 0.6) is 0 Å². The van der Waals surface area contributed by atoms with Gasteiger partial charge in [-0.2, -0.15) is 0 Å². The highest BCUT2D eigenvalue weighted by Gasteiger charge is 1.98. The third-order valence-electron chi connectivity index (χ3n) is 2.48. The minimum absolute atomic E-state index is 0.611. The van der Waals surface area contributed by atoms with Crippen molar-refractivity contribution in [3.05, 3.63) is 41.5 Å². The van der Waals surface area contributed by atoms with Crippen molar-refractivity contribution in [1.29, 1.82) is 0 Å². The molecule has 0 saturated carbocycles. The molecule has 0 unspecified atom stereocenters. The third kappa shape index (κ3) is 3.88. The second-order valence-electron chi connectivity index (χ2n) is 4.42. The van der Waals surface area contributed by atoms with Crippen molar-refractivity contribution in [2.75, 3.05) is 6.54 Å². The molecular formula is C14H21N. The first-order valence-electron chi connectivity index (χ1n) is 5.59. The Kier molecular flexibility index (Phi) is 4.57. The lowest BCUT2D eigenvalue weighted by atomic mass is 9.99. The van der Waals surface area contributed by atoms with E-state index >= 15 is 0 Å². The topological polar surface area (TPSA) is 26.0 Å². The molecule has 0 aromatic heterocycles. The van der Waals surface area contributed by atoms with Gasteiger partial charge in [-0.1, -0.05) is 44.2 Å². The predicted octanol–water partition coefficient (Wildman–Crippen LogP) is 3.25. The SMILES string of the molecule is CC(=CCN)c1ccc(CC(C)C)cc1. The van der Waals surface area contributed by atoms with E-state index in [1.807, 2.05) is 0 Å². The summed E-state index contributed by atoms with van der Waals surface area (Å²) < 4.78 is 0. The molecule has 1 rings (SSSR count). The van der Waals surface area contributed by atoms with Gasteiger partial charge in [0.2, 0.25) is 0 Å². The summed E-state index contributed by atoms with van der Waals surface area (Å²) in [4.78, 5) is 0. The first-order chi connectivity index (χ1) is 7.13. The van der Waals surface area contributed by atoms with Gasteiger partial charge in [-0.05, 0) is 36.0 Å². The van der Waals surface area contributed by atoms with E-state index in [0.29, 0.717) is 6.54 Å². The highest BCUT2D eigenvalue weighted by Crippen LogP contribution is 2.15.